The zero-order valence-electron chi connectivity index (χ0n) is 10.5. The molecule has 0 unspecified atom stereocenters. The van der Waals surface area contributed by atoms with E-state index < -0.39 is 0 Å². The van der Waals surface area contributed by atoms with Crippen molar-refractivity contribution in [3.05, 3.63) is 0 Å². The van der Waals surface area contributed by atoms with Gasteiger partial charge in [0.1, 0.15) is 0 Å². The molecule has 2 aliphatic rings. The van der Waals surface area contributed by atoms with Crippen LogP contribution in [-0.4, -0.2) is 23.8 Å². The Balaban J connectivity index is 2.06. The fourth-order valence-corrected chi connectivity index (χ4v) is 3.83. The average molecular weight is 211 g/mol. The summed E-state index contributed by atoms with van der Waals surface area (Å²) in [4.78, 5) is 0. The number of nitrogens with one attached hydrogen (secondary N) is 1. The van der Waals surface area contributed by atoms with E-state index in [0.717, 1.165) is 12.5 Å². The molecule has 2 aliphatic carbocycles. The summed E-state index contributed by atoms with van der Waals surface area (Å²) in [6, 6.07) is 0.612. The fourth-order valence-electron chi connectivity index (χ4n) is 3.83. The first-order valence-corrected chi connectivity index (χ1v) is 6.29. The second-order valence-electron chi connectivity index (χ2n) is 6.42. The number of fused-ring (bicyclic) bond motifs is 2. The maximum absolute atomic E-state index is 9.33. The van der Waals surface area contributed by atoms with Crippen LogP contribution >= 0.6 is 0 Å². The van der Waals surface area contributed by atoms with Crippen molar-refractivity contribution in [2.45, 2.75) is 59.1 Å². The third-order valence-corrected chi connectivity index (χ3v) is 5.45. The molecule has 0 aromatic carbocycles. The Morgan fingerprint density at radius 1 is 1.40 bits per heavy atom. The summed E-state index contributed by atoms with van der Waals surface area (Å²) >= 11 is 0. The van der Waals surface area contributed by atoms with E-state index in [1.165, 1.54) is 19.3 Å². The Bertz CT molecular complexity index is 249. The zero-order valence-corrected chi connectivity index (χ0v) is 10.5. The lowest BCUT2D eigenvalue weighted by atomic mass is 9.69. The van der Waals surface area contributed by atoms with E-state index >= 15 is 0 Å². The summed E-state index contributed by atoms with van der Waals surface area (Å²) in [5.41, 5.74) is 0.913. The SMILES string of the molecule is C[C@H](O)CN[C@@H]1C[C@@H]2CC[C@]1(C)C2(C)C. The highest BCUT2D eigenvalue weighted by Crippen LogP contribution is 2.65. The summed E-state index contributed by atoms with van der Waals surface area (Å²) < 4.78 is 0. The minimum absolute atomic E-state index is 0.226. The van der Waals surface area contributed by atoms with Gasteiger partial charge in [-0.2, -0.15) is 0 Å². The number of hydrogen-bond acceptors (Lipinski definition) is 2. The maximum atomic E-state index is 9.33. The van der Waals surface area contributed by atoms with E-state index in [0.29, 0.717) is 16.9 Å². The Labute approximate surface area is 93.5 Å². The third-order valence-electron chi connectivity index (χ3n) is 5.45. The van der Waals surface area contributed by atoms with Gasteiger partial charge in [-0.1, -0.05) is 20.8 Å². The molecule has 2 rings (SSSR count). The summed E-state index contributed by atoms with van der Waals surface area (Å²) in [6.45, 7) is 9.87. The number of aliphatic hydroxyl groups is 1. The molecule has 0 heterocycles. The monoisotopic (exact) mass is 211 g/mol. The van der Waals surface area contributed by atoms with E-state index in [9.17, 15) is 5.11 Å². The fraction of sp³-hybridized carbons (Fsp3) is 1.00. The van der Waals surface area contributed by atoms with Crippen LogP contribution in [0.5, 0.6) is 0 Å². The van der Waals surface area contributed by atoms with Crippen molar-refractivity contribution in [2.24, 2.45) is 16.7 Å². The normalized spacial score (nSPS) is 44.6. The number of hydrogen-bond donors (Lipinski definition) is 2. The van der Waals surface area contributed by atoms with Gasteiger partial charge in [-0.3, -0.25) is 0 Å². The van der Waals surface area contributed by atoms with Crippen LogP contribution in [0.4, 0.5) is 0 Å². The first-order chi connectivity index (χ1) is 6.88. The molecule has 0 aromatic rings. The summed E-state index contributed by atoms with van der Waals surface area (Å²) in [7, 11) is 0. The molecule has 2 nitrogen and oxygen atoms in total. The Kier molecular flexibility index (Phi) is 2.63. The lowest BCUT2D eigenvalue weighted by Gasteiger charge is -2.39. The molecule has 2 bridgehead atoms. The molecule has 2 heteroatoms. The van der Waals surface area contributed by atoms with Gasteiger partial charge < -0.3 is 10.4 Å². The average Bonchev–Trinajstić information content (AvgIpc) is 2.46. The second-order valence-corrected chi connectivity index (χ2v) is 6.42. The van der Waals surface area contributed by atoms with Crippen molar-refractivity contribution in [1.29, 1.82) is 0 Å². The Morgan fingerprint density at radius 3 is 2.47 bits per heavy atom. The van der Waals surface area contributed by atoms with Gasteiger partial charge in [0.05, 0.1) is 6.10 Å². The van der Waals surface area contributed by atoms with Gasteiger partial charge >= 0.3 is 0 Å². The second kappa shape index (κ2) is 3.46. The molecule has 0 spiro atoms. The molecule has 0 aromatic heterocycles. The lowest BCUT2D eigenvalue weighted by molar-refractivity contribution is 0.109. The van der Waals surface area contributed by atoms with Crippen LogP contribution in [0, 0.1) is 16.7 Å². The van der Waals surface area contributed by atoms with Gasteiger partial charge in [-0.25, -0.2) is 0 Å². The van der Waals surface area contributed by atoms with Crippen LogP contribution < -0.4 is 5.32 Å². The molecular weight excluding hydrogens is 186 g/mol. The lowest BCUT2D eigenvalue weighted by Crippen LogP contribution is -2.46. The summed E-state index contributed by atoms with van der Waals surface area (Å²) in [6.07, 6.45) is 3.82. The first kappa shape index (κ1) is 11.4. The van der Waals surface area contributed by atoms with Gasteiger partial charge in [0.15, 0.2) is 0 Å². The molecule has 2 saturated carbocycles. The van der Waals surface area contributed by atoms with E-state index in [-0.39, 0.29) is 6.10 Å². The van der Waals surface area contributed by atoms with Crippen LogP contribution in [0.2, 0.25) is 0 Å². The van der Waals surface area contributed by atoms with Crippen LogP contribution in [-0.2, 0) is 0 Å². The quantitative estimate of drug-likeness (QED) is 0.750. The van der Waals surface area contributed by atoms with E-state index in [2.05, 4.69) is 26.1 Å². The molecule has 0 saturated heterocycles. The zero-order chi connectivity index (χ0) is 11.3. The predicted octanol–water partition coefficient (Wildman–Crippen LogP) is 2.17. The minimum atomic E-state index is -0.226. The van der Waals surface area contributed by atoms with Crippen molar-refractivity contribution in [3.63, 3.8) is 0 Å². The molecular formula is C13H25NO. The van der Waals surface area contributed by atoms with Crippen molar-refractivity contribution < 1.29 is 5.11 Å². The smallest absolute Gasteiger partial charge is 0.0636 e. The van der Waals surface area contributed by atoms with Gasteiger partial charge in [-0.05, 0) is 42.9 Å². The van der Waals surface area contributed by atoms with Crippen LogP contribution in [0.25, 0.3) is 0 Å². The Morgan fingerprint density at radius 2 is 2.07 bits per heavy atom. The van der Waals surface area contributed by atoms with Crippen molar-refractivity contribution >= 4 is 0 Å². The summed E-state index contributed by atoms with van der Waals surface area (Å²) in [5.74, 6) is 0.883. The van der Waals surface area contributed by atoms with Gasteiger partial charge in [0, 0.05) is 12.6 Å². The highest BCUT2D eigenvalue weighted by Gasteiger charge is 2.60. The molecule has 4 atom stereocenters. The molecule has 0 amide bonds. The molecule has 15 heavy (non-hydrogen) atoms. The van der Waals surface area contributed by atoms with Crippen molar-refractivity contribution in [1.82, 2.24) is 5.32 Å². The molecule has 0 aliphatic heterocycles. The highest BCUT2D eigenvalue weighted by atomic mass is 16.3. The topological polar surface area (TPSA) is 32.3 Å². The molecule has 2 N–H and O–H groups in total. The van der Waals surface area contributed by atoms with Crippen LogP contribution in [0.3, 0.4) is 0 Å². The number of aliphatic hydroxyl groups excluding tert-OH is 1. The van der Waals surface area contributed by atoms with Crippen LogP contribution in [0.1, 0.15) is 47.0 Å². The predicted molar refractivity (Wildman–Crippen MR) is 62.7 cm³/mol. The maximum Gasteiger partial charge on any atom is 0.0636 e. The van der Waals surface area contributed by atoms with Gasteiger partial charge in [0.25, 0.3) is 0 Å². The molecule has 88 valence electrons. The molecule has 0 radical (unpaired) electrons. The minimum Gasteiger partial charge on any atom is -0.392 e. The first-order valence-electron chi connectivity index (χ1n) is 6.29. The summed E-state index contributed by atoms with van der Waals surface area (Å²) in [5, 5.41) is 12.9. The third kappa shape index (κ3) is 1.53. The van der Waals surface area contributed by atoms with Gasteiger partial charge in [-0.15, -0.1) is 0 Å². The van der Waals surface area contributed by atoms with Crippen molar-refractivity contribution in [3.8, 4) is 0 Å². The standard InChI is InChI=1S/C13H25NO/c1-9(15)8-14-11-7-10-5-6-13(11,4)12(10,2)3/h9-11,14-15H,5-8H2,1-4H3/t9-,10-,11+,13-/m0/s1. The number of rotatable bonds is 3. The largest absolute Gasteiger partial charge is 0.392 e. The highest BCUT2D eigenvalue weighted by molar-refractivity contribution is 5.12. The Hall–Kier alpha value is -0.0800. The van der Waals surface area contributed by atoms with Gasteiger partial charge in [0.2, 0.25) is 0 Å². The molecule has 2 fully saturated rings. The van der Waals surface area contributed by atoms with E-state index in [4.69, 9.17) is 0 Å². The van der Waals surface area contributed by atoms with E-state index in [1.54, 1.807) is 0 Å². The van der Waals surface area contributed by atoms with Crippen molar-refractivity contribution in [2.75, 3.05) is 6.54 Å². The van der Waals surface area contributed by atoms with E-state index in [1.807, 2.05) is 6.92 Å². The van der Waals surface area contributed by atoms with Crippen LogP contribution in [0.15, 0.2) is 0 Å².